The molecule has 1 fully saturated rings. The van der Waals surface area contributed by atoms with Crippen molar-refractivity contribution >= 4 is 27.4 Å². The second kappa shape index (κ2) is 10.2. The molecule has 0 unspecified atom stereocenters. The lowest BCUT2D eigenvalue weighted by Gasteiger charge is -2.35. The summed E-state index contributed by atoms with van der Waals surface area (Å²) in [7, 11) is -3.81. The summed E-state index contributed by atoms with van der Waals surface area (Å²) in [5, 5.41) is 15.9. The molecular weight excluding hydrogens is 471 g/mol. The molecule has 1 aromatic heterocycles. The molecule has 0 aliphatic carbocycles. The van der Waals surface area contributed by atoms with Gasteiger partial charge in [0.2, 0.25) is 10.0 Å². The van der Waals surface area contributed by atoms with Crippen LogP contribution in [0.25, 0.3) is 0 Å². The van der Waals surface area contributed by atoms with Crippen molar-refractivity contribution in [3.05, 3.63) is 71.7 Å². The Balaban J connectivity index is 1.46. The molecular formula is C24H25FN6O3S. The van der Waals surface area contributed by atoms with Crippen molar-refractivity contribution in [1.82, 2.24) is 14.1 Å². The van der Waals surface area contributed by atoms with E-state index in [4.69, 9.17) is 5.26 Å². The van der Waals surface area contributed by atoms with E-state index in [-0.39, 0.29) is 35.8 Å². The van der Waals surface area contributed by atoms with Gasteiger partial charge in [-0.15, -0.1) is 0 Å². The minimum atomic E-state index is -3.81. The molecule has 0 bridgehead atoms. The summed E-state index contributed by atoms with van der Waals surface area (Å²) < 4.78 is 42.7. The number of nitriles is 1. The number of sulfonamides is 1. The number of hydrogen-bond donors (Lipinski definition) is 1. The molecule has 2 heterocycles. The fraction of sp³-hybridized carbons (Fsp3) is 0.292. The Morgan fingerprint density at radius 2 is 1.83 bits per heavy atom. The van der Waals surface area contributed by atoms with Crippen LogP contribution in [0.3, 0.4) is 0 Å². The van der Waals surface area contributed by atoms with Gasteiger partial charge in [-0.05, 0) is 49.4 Å². The van der Waals surface area contributed by atoms with Gasteiger partial charge in [0, 0.05) is 43.5 Å². The van der Waals surface area contributed by atoms with Gasteiger partial charge >= 0.3 is 0 Å². The van der Waals surface area contributed by atoms with Crippen LogP contribution in [-0.4, -0.2) is 54.6 Å². The first-order valence-corrected chi connectivity index (χ1v) is 12.6. The van der Waals surface area contributed by atoms with E-state index in [2.05, 4.69) is 10.4 Å². The van der Waals surface area contributed by atoms with Crippen molar-refractivity contribution in [3.8, 4) is 6.07 Å². The number of nitrogens with zero attached hydrogens (tertiary/aromatic N) is 5. The van der Waals surface area contributed by atoms with Gasteiger partial charge in [-0.25, -0.2) is 17.5 Å². The second-order valence-electron chi connectivity index (χ2n) is 8.15. The molecule has 0 atom stereocenters. The first-order chi connectivity index (χ1) is 16.8. The topological polar surface area (TPSA) is 111 Å². The monoisotopic (exact) mass is 496 g/mol. The van der Waals surface area contributed by atoms with E-state index >= 15 is 0 Å². The average Bonchev–Trinajstić information content (AvgIpc) is 3.21. The molecule has 1 amide bonds. The number of carbonyl (C=O) groups is 1. The van der Waals surface area contributed by atoms with E-state index in [1.54, 1.807) is 31.2 Å². The summed E-state index contributed by atoms with van der Waals surface area (Å²) in [5.41, 5.74) is 1.72. The Labute approximate surface area is 203 Å². The molecule has 35 heavy (non-hydrogen) atoms. The highest BCUT2D eigenvalue weighted by atomic mass is 32.2. The van der Waals surface area contributed by atoms with Crippen LogP contribution in [0.5, 0.6) is 0 Å². The van der Waals surface area contributed by atoms with Crippen LogP contribution in [0.2, 0.25) is 0 Å². The van der Waals surface area contributed by atoms with Gasteiger partial charge in [0.15, 0.2) is 0 Å². The smallest absolute Gasteiger partial charge is 0.256 e. The molecule has 3 aromatic rings. The predicted molar refractivity (Wildman–Crippen MR) is 129 cm³/mol. The molecule has 11 heteroatoms. The molecule has 1 aliphatic heterocycles. The summed E-state index contributed by atoms with van der Waals surface area (Å²) in [5.74, 6) is -0.352. The number of rotatable bonds is 7. The Morgan fingerprint density at radius 3 is 2.51 bits per heavy atom. The van der Waals surface area contributed by atoms with Crippen molar-refractivity contribution in [1.29, 1.82) is 5.26 Å². The molecule has 182 valence electrons. The third-order valence-electron chi connectivity index (χ3n) is 5.74. The first kappa shape index (κ1) is 24.4. The number of anilines is 2. The van der Waals surface area contributed by atoms with Crippen LogP contribution in [0.15, 0.2) is 59.5 Å². The van der Waals surface area contributed by atoms with E-state index in [1.165, 1.54) is 39.3 Å². The number of halogens is 1. The van der Waals surface area contributed by atoms with E-state index in [0.717, 1.165) is 5.69 Å². The number of hydrogen-bond acceptors (Lipinski definition) is 6. The summed E-state index contributed by atoms with van der Waals surface area (Å²) in [6, 6.07) is 15.8. The van der Waals surface area contributed by atoms with E-state index in [9.17, 15) is 17.6 Å². The van der Waals surface area contributed by atoms with Crippen LogP contribution in [0, 0.1) is 24.1 Å². The predicted octanol–water partition coefficient (Wildman–Crippen LogP) is 3.01. The van der Waals surface area contributed by atoms with Crippen molar-refractivity contribution in [3.63, 3.8) is 0 Å². The van der Waals surface area contributed by atoms with Gasteiger partial charge in [0.1, 0.15) is 11.6 Å². The Hall–Kier alpha value is -3.75. The lowest BCUT2D eigenvalue weighted by Crippen LogP contribution is -2.48. The first-order valence-electron chi connectivity index (χ1n) is 11.1. The highest BCUT2D eigenvalue weighted by molar-refractivity contribution is 7.89. The number of piperazine rings is 1. The molecule has 1 N–H and O–H groups in total. The molecule has 0 radical (unpaired) electrons. The largest absolute Gasteiger partial charge is 0.369 e. The molecule has 4 rings (SSSR count). The normalized spacial score (nSPS) is 14.5. The number of benzene rings is 2. The molecule has 2 aromatic carbocycles. The maximum atomic E-state index is 13.3. The quantitative estimate of drug-likeness (QED) is 0.538. The van der Waals surface area contributed by atoms with Crippen molar-refractivity contribution in [2.75, 3.05) is 36.4 Å². The molecule has 9 nitrogen and oxygen atoms in total. The summed E-state index contributed by atoms with van der Waals surface area (Å²) in [6.45, 7) is 3.59. The van der Waals surface area contributed by atoms with Crippen LogP contribution in [0.1, 0.15) is 22.5 Å². The maximum absolute atomic E-state index is 13.3. The molecule has 1 aliphatic rings. The molecule has 1 saturated heterocycles. The lowest BCUT2D eigenvalue weighted by molar-refractivity contribution is 0.102. The second-order valence-corrected chi connectivity index (χ2v) is 10.1. The Kier molecular flexibility index (Phi) is 7.14. The van der Waals surface area contributed by atoms with Crippen LogP contribution in [0.4, 0.5) is 15.9 Å². The van der Waals surface area contributed by atoms with Crippen LogP contribution < -0.4 is 10.2 Å². The average molecular weight is 497 g/mol. The third-order valence-corrected chi connectivity index (χ3v) is 7.64. The van der Waals surface area contributed by atoms with E-state index in [0.29, 0.717) is 31.1 Å². The Morgan fingerprint density at radius 1 is 1.11 bits per heavy atom. The molecule has 0 saturated carbocycles. The summed E-state index contributed by atoms with van der Waals surface area (Å²) in [4.78, 5) is 14.9. The van der Waals surface area contributed by atoms with Gasteiger partial charge in [-0.1, -0.05) is 6.07 Å². The van der Waals surface area contributed by atoms with E-state index in [1.807, 2.05) is 11.0 Å². The van der Waals surface area contributed by atoms with Crippen molar-refractivity contribution in [2.45, 2.75) is 24.8 Å². The number of aromatic nitrogens is 2. The van der Waals surface area contributed by atoms with Gasteiger partial charge < -0.3 is 10.2 Å². The number of nitrogens with one attached hydrogen (secondary N) is 1. The van der Waals surface area contributed by atoms with Crippen molar-refractivity contribution < 1.29 is 17.6 Å². The summed E-state index contributed by atoms with van der Waals surface area (Å²) >= 11 is 0. The fourth-order valence-electron chi connectivity index (χ4n) is 3.95. The lowest BCUT2D eigenvalue weighted by atomic mass is 10.2. The number of carbonyl (C=O) groups excluding carboxylic acids is 1. The minimum absolute atomic E-state index is 0.0366. The van der Waals surface area contributed by atoms with Gasteiger partial charge in [-0.2, -0.15) is 14.7 Å². The standard InChI is InChI=1S/C24H25FN6O3S/c1-18-16-23(31(28-18)11-3-10-26)27-24(32)19-4-2-5-22(17-19)35(33,34)30-14-12-29(13-15-30)21-8-6-20(25)7-9-21/h2,4-9,16-17H,3,11-15H2,1H3,(H,27,32). The van der Waals surface area contributed by atoms with Crippen molar-refractivity contribution in [2.24, 2.45) is 0 Å². The van der Waals surface area contributed by atoms with Crippen LogP contribution >= 0.6 is 0 Å². The van der Waals surface area contributed by atoms with Crippen LogP contribution in [-0.2, 0) is 16.6 Å². The van der Waals surface area contributed by atoms with E-state index < -0.39 is 15.9 Å². The zero-order valence-electron chi connectivity index (χ0n) is 19.2. The summed E-state index contributed by atoms with van der Waals surface area (Å²) in [6.07, 6.45) is 0.242. The fourth-order valence-corrected chi connectivity index (χ4v) is 5.41. The minimum Gasteiger partial charge on any atom is -0.369 e. The van der Waals surface area contributed by atoms with Gasteiger partial charge in [0.25, 0.3) is 5.91 Å². The maximum Gasteiger partial charge on any atom is 0.256 e. The van der Waals surface area contributed by atoms with Gasteiger partial charge in [-0.3, -0.25) is 4.79 Å². The third kappa shape index (κ3) is 5.50. The van der Waals surface area contributed by atoms with Gasteiger partial charge in [0.05, 0.1) is 29.6 Å². The highest BCUT2D eigenvalue weighted by Gasteiger charge is 2.29. The Bertz CT molecular complexity index is 1360. The zero-order valence-corrected chi connectivity index (χ0v) is 20.0. The number of aryl methyl sites for hydroxylation is 2. The number of amides is 1. The SMILES string of the molecule is Cc1cc(NC(=O)c2cccc(S(=O)(=O)N3CCN(c4ccc(F)cc4)CC3)c2)n(CCC#N)n1. The zero-order chi connectivity index (χ0) is 25.0. The highest BCUT2D eigenvalue weighted by Crippen LogP contribution is 2.23. The molecule has 0 spiro atoms.